The van der Waals surface area contributed by atoms with Gasteiger partial charge in [-0.1, -0.05) is 0 Å². The number of ether oxygens (including phenoxy) is 2. The quantitative estimate of drug-likeness (QED) is 0.470. The smallest absolute Gasteiger partial charge is 0.324 e. The molecule has 0 aliphatic carbocycles. The summed E-state index contributed by atoms with van der Waals surface area (Å²) in [5.41, 5.74) is 0. The number of hydrogen-bond donors (Lipinski definition) is 1. The van der Waals surface area contributed by atoms with Gasteiger partial charge in [0.2, 0.25) is 0 Å². The number of carbonyl (C=O) groups excluding carboxylic acids is 2. The number of cyclic esters (lactones) is 1. The first-order valence-electron chi connectivity index (χ1n) is 3.67. The Balaban J connectivity index is 2.38. The van der Waals surface area contributed by atoms with Crippen molar-refractivity contribution in [3.8, 4) is 0 Å². The van der Waals surface area contributed by atoms with Crippen molar-refractivity contribution < 1.29 is 32.0 Å². The standard InChI is InChI=1S/C6H8O7S/c7-5-1-4(2-12-5)13-6(8)3-14(9,10)11/h4H,1-3H2,(H,9,10,11). The third-order valence-electron chi connectivity index (χ3n) is 1.42. The van der Waals surface area contributed by atoms with Crippen molar-refractivity contribution in [2.75, 3.05) is 12.4 Å². The van der Waals surface area contributed by atoms with Crippen LogP contribution < -0.4 is 0 Å². The predicted molar refractivity (Wildman–Crippen MR) is 41.9 cm³/mol. The fraction of sp³-hybridized carbons (Fsp3) is 0.667. The summed E-state index contributed by atoms with van der Waals surface area (Å²) < 4.78 is 37.8. The molecule has 0 aromatic rings. The maximum absolute atomic E-state index is 10.8. The van der Waals surface area contributed by atoms with Gasteiger partial charge in [0, 0.05) is 0 Å². The van der Waals surface area contributed by atoms with Gasteiger partial charge >= 0.3 is 11.9 Å². The van der Waals surface area contributed by atoms with E-state index >= 15 is 0 Å². The minimum Gasteiger partial charge on any atom is -0.462 e. The van der Waals surface area contributed by atoms with Crippen molar-refractivity contribution in [1.29, 1.82) is 0 Å². The highest BCUT2D eigenvalue weighted by molar-refractivity contribution is 7.86. The van der Waals surface area contributed by atoms with Gasteiger partial charge in [0.25, 0.3) is 10.1 Å². The van der Waals surface area contributed by atoms with Crippen LogP contribution in [0.25, 0.3) is 0 Å². The predicted octanol–water partition coefficient (Wildman–Crippen LogP) is -1.27. The van der Waals surface area contributed by atoms with E-state index in [1.165, 1.54) is 0 Å². The molecule has 14 heavy (non-hydrogen) atoms. The summed E-state index contributed by atoms with van der Waals surface area (Å²) in [6.45, 7) is -0.0734. The molecule has 0 amide bonds. The van der Waals surface area contributed by atoms with Crippen LogP contribution in [0, 0.1) is 0 Å². The van der Waals surface area contributed by atoms with E-state index in [1.54, 1.807) is 0 Å². The minimum atomic E-state index is -4.38. The van der Waals surface area contributed by atoms with Crippen LogP contribution in [0.15, 0.2) is 0 Å². The van der Waals surface area contributed by atoms with Crippen LogP contribution >= 0.6 is 0 Å². The Labute approximate surface area is 79.7 Å². The molecule has 8 heteroatoms. The van der Waals surface area contributed by atoms with Crippen molar-refractivity contribution in [1.82, 2.24) is 0 Å². The lowest BCUT2D eigenvalue weighted by Crippen LogP contribution is -2.24. The van der Waals surface area contributed by atoms with E-state index in [4.69, 9.17) is 4.55 Å². The molecule has 7 nitrogen and oxygen atoms in total. The molecule has 0 bridgehead atoms. The molecule has 0 aromatic heterocycles. The van der Waals surface area contributed by atoms with E-state index in [9.17, 15) is 18.0 Å². The summed E-state index contributed by atoms with van der Waals surface area (Å²) >= 11 is 0. The van der Waals surface area contributed by atoms with E-state index in [-0.39, 0.29) is 13.0 Å². The lowest BCUT2D eigenvalue weighted by molar-refractivity contribution is -0.146. The molecule has 1 aliphatic rings. The molecule has 80 valence electrons. The molecule has 0 spiro atoms. The molecular formula is C6H8O7S. The second-order valence-corrected chi connectivity index (χ2v) is 4.18. The molecular weight excluding hydrogens is 216 g/mol. The third kappa shape index (κ3) is 3.71. The Morgan fingerprint density at radius 3 is 2.71 bits per heavy atom. The van der Waals surface area contributed by atoms with Gasteiger partial charge in [0.1, 0.15) is 12.7 Å². The Hall–Kier alpha value is -1.15. The molecule has 1 heterocycles. The number of hydrogen-bond acceptors (Lipinski definition) is 6. The lowest BCUT2D eigenvalue weighted by Gasteiger charge is -2.07. The summed E-state index contributed by atoms with van der Waals surface area (Å²) in [6.07, 6.45) is -0.839. The van der Waals surface area contributed by atoms with Gasteiger partial charge in [0.15, 0.2) is 5.75 Å². The Morgan fingerprint density at radius 1 is 1.64 bits per heavy atom. The minimum absolute atomic E-state index is 0.0734. The highest BCUT2D eigenvalue weighted by Gasteiger charge is 2.28. The summed E-state index contributed by atoms with van der Waals surface area (Å²) in [4.78, 5) is 21.3. The Morgan fingerprint density at radius 2 is 2.29 bits per heavy atom. The van der Waals surface area contributed by atoms with Gasteiger partial charge in [-0.2, -0.15) is 8.42 Å². The van der Waals surface area contributed by atoms with Gasteiger partial charge in [-0.25, -0.2) is 0 Å². The van der Waals surface area contributed by atoms with Crippen LogP contribution in [-0.2, 0) is 29.2 Å². The largest absolute Gasteiger partial charge is 0.462 e. The van der Waals surface area contributed by atoms with Gasteiger partial charge < -0.3 is 9.47 Å². The summed E-state index contributed by atoms with van der Waals surface area (Å²) in [6, 6.07) is 0. The van der Waals surface area contributed by atoms with Crippen LogP contribution in [0.3, 0.4) is 0 Å². The summed E-state index contributed by atoms with van der Waals surface area (Å²) in [5, 5.41) is 0. The van der Waals surface area contributed by atoms with Gasteiger partial charge in [-0.15, -0.1) is 0 Å². The molecule has 1 N–H and O–H groups in total. The first-order valence-corrected chi connectivity index (χ1v) is 5.28. The number of carbonyl (C=O) groups is 2. The lowest BCUT2D eigenvalue weighted by atomic mass is 10.3. The van der Waals surface area contributed by atoms with Crippen molar-refractivity contribution in [3.63, 3.8) is 0 Å². The van der Waals surface area contributed by atoms with Crippen LogP contribution in [0.1, 0.15) is 6.42 Å². The second-order valence-electron chi connectivity index (χ2n) is 2.73. The SMILES string of the molecule is O=C1CC(OC(=O)CS(=O)(=O)O)CO1. The van der Waals surface area contributed by atoms with Gasteiger partial charge in [0.05, 0.1) is 6.42 Å². The highest BCUT2D eigenvalue weighted by atomic mass is 32.2. The second kappa shape index (κ2) is 3.93. The first kappa shape index (κ1) is 10.9. The average Bonchev–Trinajstić information content (AvgIpc) is 2.30. The highest BCUT2D eigenvalue weighted by Crippen LogP contribution is 2.10. The van der Waals surface area contributed by atoms with Crippen molar-refractivity contribution in [3.05, 3.63) is 0 Å². The van der Waals surface area contributed by atoms with E-state index in [0.29, 0.717) is 0 Å². The maximum atomic E-state index is 10.8. The number of esters is 2. The Kier molecular flexibility index (Phi) is 3.06. The van der Waals surface area contributed by atoms with Crippen LogP contribution in [0.5, 0.6) is 0 Å². The van der Waals surface area contributed by atoms with E-state index in [1.807, 2.05) is 0 Å². The zero-order valence-corrected chi connectivity index (χ0v) is 7.82. The number of rotatable bonds is 3. The van der Waals surface area contributed by atoms with E-state index in [2.05, 4.69) is 9.47 Å². The molecule has 1 unspecified atom stereocenters. The average molecular weight is 224 g/mol. The Bertz CT molecular complexity index is 343. The van der Waals surface area contributed by atoms with Gasteiger partial charge in [-0.3, -0.25) is 14.1 Å². The molecule has 1 fully saturated rings. The topological polar surface area (TPSA) is 107 Å². The van der Waals surface area contributed by atoms with Crippen molar-refractivity contribution in [2.45, 2.75) is 12.5 Å². The first-order chi connectivity index (χ1) is 6.37. The molecule has 0 aromatic carbocycles. The zero-order valence-electron chi connectivity index (χ0n) is 7.00. The fourth-order valence-electron chi connectivity index (χ4n) is 0.934. The van der Waals surface area contributed by atoms with E-state index in [0.717, 1.165) is 0 Å². The van der Waals surface area contributed by atoms with Crippen molar-refractivity contribution >= 4 is 22.1 Å². The van der Waals surface area contributed by atoms with E-state index < -0.39 is 33.9 Å². The van der Waals surface area contributed by atoms with Crippen molar-refractivity contribution in [2.24, 2.45) is 0 Å². The third-order valence-corrected chi connectivity index (χ3v) is 2.02. The molecule has 0 saturated carbocycles. The molecule has 0 radical (unpaired) electrons. The zero-order chi connectivity index (χ0) is 10.8. The molecule has 1 rings (SSSR count). The van der Waals surface area contributed by atoms with Crippen LogP contribution in [0.4, 0.5) is 0 Å². The molecule has 1 saturated heterocycles. The fourth-order valence-corrected chi connectivity index (χ4v) is 1.30. The normalized spacial score (nSPS) is 21.8. The summed E-state index contributed by atoms with van der Waals surface area (Å²) in [5.74, 6) is -2.72. The molecule has 1 atom stereocenters. The summed E-state index contributed by atoms with van der Waals surface area (Å²) in [7, 11) is -4.38. The molecule has 1 aliphatic heterocycles. The monoisotopic (exact) mass is 224 g/mol. The maximum Gasteiger partial charge on any atom is 0.324 e. The van der Waals surface area contributed by atoms with Gasteiger partial charge in [-0.05, 0) is 0 Å². The van der Waals surface area contributed by atoms with Crippen LogP contribution in [0.2, 0.25) is 0 Å². The van der Waals surface area contributed by atoms with Crippen LogP contribution in [-0.4, -0.2) is 43.4 Å².